The van der Waals surface area contributed by atoms with Gasteiger partial charge in [0.2, 0.25) is 0 Å². The van der Waals surface area contributed by atoms with Crippen molar-refractivity contribution in [2.24, 2.45) is 5.73 Å². The summed E-state index contributed by atoms with van der Waals surface area (Å²) in [7, 11) is 5.36. The minimum atomic E-state index is 0. The van der Waals surface area contributed by atoms with E-state index in [0.717, 1.165) is 48.8 Å². The maximum Gasteiger partial charge on any atom is 0.160 e. The third-order valence-corrected chi connectivity index (χ3v) is 4.84. The van der Waals surface area contributed by atoms with Gasteiger partial charge in [-0.1, -0.05) is 6.07 Å². The summed E-state index contributed by atoms with van der Waals surface area (Å²) >= 11 is 0. The number of hydrogen-bond acceptors (Lipinski definition) is 6. The van der Waals surface area contributed by atoms with Crippen LogP contribution in [0.3, 0.4) is 0 Å². The summed E-state index contributed by atoms with van der Waals surface area (Å²) in [5, 5.41) is 0. The van der Waals surface area contributed by atoms with Gasteiger partial charge >= 0.3 is 0 Å². The molecule has 1 aliphatic carbocycles. The quantitative estimate of drug-likeness (QED) is 0.749. The maximum absolute atomic E-state index is 5.89. The molecule has 1 saturated carbocycles. The zero-order valence-electron chi connectivity index (χ0n) is 15.9. The molecular formula is C19H28Cl2N4O2. The lowest BCUT2D eigenvalue weighted by Gasteiger charge is -2.32. The molecule has 6 nitrogen and oxygen atoms in total. The number of nitrogens with two attached hydrogens (primary N) is 1. The Hall–Kier alpha value is -1.76. The first-order chi connectivity index (χ1) is 12.1. The number of methoxy groups -OCH3 is 2. The van der Waals surface area contributed by atoms with Gasteiger partial charge in [-0.05, 0) is 37.0 Å². The number of anilines is 1. The molecule has 1 heterocycles. The number of rotatable bonds is 7. The summed E-state index contributed by atoms with van der Waals surface area (Å²) in [6, 6.07) is 8.44. The van der Waals surface area contributed by atoms with Crippen molar-refractivity contribution in [2.75, 3.05) is 32.7 Å². The third kappa shape index (κ3) is 5.61. The Balaban J connectivity index is 0.00000182. The fraction of sp³-hybridized carbons (Fsp3) is 0.474. The summed E-state index contributed by atoms with van der Waals surface area (Å²) in [6.07, 6.45) is 4.59. The van der Waals surface area contributed by atoms with Crippen LogP contribution in [-0.4, -0.2) is 43.8 Å². The molecule has 1 aromatic carbocycles. The number of benzene rings is 1. The van der Waals surface area contributed by atoms with Crippen molar-refractivity contribution < 1.29 is 9.47 Å². The first kappa shape index (κ1) is 23.3. The van der Waals surface area contributed by atoms with Crippen LogP contribution in [0.2, 0.25) is 0 Å². The van der Waals surface area contributed by atoms with Crippen LogP contribution in [0.5, 0.6) is 11.5 Å². The predicted molar refractivity (Wildman–Crippen MR) is 113 cm³/mol. The van der Waals surface area contributed by atoms with Crippen molar-refractivity contribution >= 4 is 30.6 Å². The molecule has 2 aromatic rings. The van der Waals surface area contributed by atoms with E-state index in [-0.39, 0.29) is 24.8 Å². The highest BCUT2D eigenvalue weighted by Gasteiger charge is 2.28. The van der Waals surface area contributed by atoms with Gasteiger partial charge in [-0.2, -0.15) is 0 Å². The van der Waals surface area contributed by atoms with Gasteiger partial charge in [0.05, 0.1) is 14.2 Å². The van der Waals surface area contributed by atoms with Gasteiger partial charge in [-0.3, -0.25) is 0 Å². The summed E-state index contributed by atoms with van der Waals surface area (Å²) in [5.74, 6) is 2.94. The fourth-order valence-electron chi connectivity index (χ4n) is 3.14. The lowest BCUT2D eigenvalue weighted by atomic mass is 9.78. The van der Waals surface area contributed by atoms with E-state index in [1.54, 1.807) is 20.5 Å². The molecule has 0 bridgehead atoms. The third-order valence-electron chi connectivity index (χ3n) is 4.84. The fourth-order valence-corrected chi connectivity index (χ4v) is 3.14. The number of hydrogen-bond donors (Lipinski definition) is 1. The second-order valence-corrected chi connectivity index (χ2v) is 6.59. The van der Waals surface area contributed by atoms with Crippen molar-refractivity contribution in [3.8, 4) is 11.5 Å². The van der Waals surface area contributed by atoms with Crippen LogP contribution in [0.15, 0.2) is 30.6 Å². The number of aromatic nitrogens is 2. The van der Waals surface area contributed by atoms with Crippen molar-refractivity contribution in [3.63, 3.8) is 0 Å². The molecule has 0 aliphatic heterocycles. The molecule has 0 spiro atoms. The van der Waals surface area contributed by atoms with E-state index < -0.39 is 0 Å². The highest BCUT2D eigenvalue weighted by atomic mass is 35.5. The molecule has 0 unspecified atom stereocenters. The van der Waals surface area contributed by atoms with Gasteiger partial charge in [-0.25, -0.2) is 9.97 Å². The Morgan fingerprint density at radius 3 is 2.41 bits per heavy atom. The van der Waals surface area contributed by atoms with Crippen LogP contribution < -0.4 is 20.1 Å². The van der Waals surface area contributed by atoms with Crippen molar-refractivity contribution in [1.82, 2.24) is 9.97 Å². The van der Waals surface area contributed by atoms with Crippen LogP contribution in [0.25, 0.3) is 0 Å². The molecule has 0 amide bonds. The van der Waals surface area contributed by atoms with Crippen LogP contribution in [0.1, 0.15) is 30.0 Å². The molecule has 2 N–H and O–H groups in total. The number of nitrogens with zero attached hydrogens (tertiary/aromatic N) is 3. The predicted octanol–water partition coefficient (Wildman–Crippen LogP) is 3.22. The molecule has 27 heavy (non-hydrogen) atoms. The van der Waals surface area contributed by atoms with Gasteiger partial charge in [0.1, 0.15) is 12.1 Å². The summed E-state index contributed by atoms with van der Waals surface area (Å²) in [6.45, 7) is 0.857. The zero-order chi connectivity index (χ0) is 17.8. The number of halogens is 2. The highest BCUT2D eigenvalue weighted by Crippen LogP contribution is 2.35. The van der Waals surface area contributed by atoms with Gasteiger partial charge in [-0.15, -0.1) is 24.8 Å². The number of likely N-dealkylation sites (N-methyl/N-ethyl adjacent to an activating group) is 1. The second kappa shape index (κ2) is 10.5. The molecule has 3 rings (SSSR count). The Morgan fingerprint density at radius 2 is 1.78 bits per heavy atom. The minimum absolute atomic E-state index is 0. The molecule has 150 valence electrons. The maximum atomic E-state index is 5.89. The van der Waals surface area contributed by atoms with Crippen molar-refractivity contribution in [3.05, 3.63) is 41.9 Å². The van der Waals surface area contributed by atoms with E-state index in [2.05, 4.69) is 34.0 Å². The normalized spacial score (nSPS) is 17.8. The summed E-state index contributed by atoms with van der Waals surface area (Å²) < 4.78 is 10.7. The van der Waals surface area contributed by atoms with E-state index in [4.69, 9.17) is 15.2 Å². The zero-order valence-corrected chi connectivity index (χ0v) is 17.6. The van der Waals surface area contributed by atoms with Gasteiger partial charge in [0.15, 0.2) is 11.5 Å². The summed E-state index contributed by atoms with van der Waals surface area (Å²) in [5.41, 5.74) is 8.19. The average Bonchev–Trinajstić information content (AvgIpc) is 2.63. The van der Waals surface area contributed by atoms with E-state index in [9.17, 15) is 0 Å². The van der Waals surface area contributed by atoms with Gasteiger partial charge in [0, 0.05) is 37.3 Å². The van der Waals surface area contributed by atoms with Crippen molar-refractivity contribution in [2.45, 2.75) is 31.2 Å². The van der Waals surface area contributed by atoms with E-state index >= 15 is 0 Å². The smallest absolute Gasteiger partial charge is 0.160 e. The molecule has 1 aliphatic rings. The van der Waals surface area contributed by atoms with Gasteiger partial charge < -0.3 is 20.1 Å². The molecule has 1 aromatic heterocycles. The second-order valence-electron chi connectivity index (χ2n) is 6.59. The van der Waals surface area contributed by atoms with Crippen LogP contribution >= 0.6 is 24.8 Å². The molecular weight excluding hydrogens is 387 g/mol. The average molecular weight is 415 g/mol. The molecule has 0 saturated heterocycles. The van der Waals surface area contributed by atoms with E-state index in [1.165, 1.54) is 5.56 Å². The highest BCUT2D eigenvalue weighted by molar-refractivity contribution is 5.85. The molecule has 0 atom stereocenters. The van der Waals surface area contributed by atoms with Gasteiger partial charge in [0.25, 0.3) is 0 Å². The Kier molecular flexibility index (Phi) is 9.09. The van der Waals surface area contributed by atoms with Crippen LogP contribution in [0, 0.1) is 0 Å². The SMILES string of the molecule is COc1ccc(CCN(C)c2cc(C3CC(N)C3)ncn2)cc1OC.Cl.Cl. The van der Waals surface area contributed by atoms with E-state index in [1.807, 2.05) is 12.1 Å². The topological polar surface area (TPSA) is 73.5 Å². The first-order valence-corrected chi connectivity index (χ1v) is 8.60. The van der Waals surface area contributed by atoms with Crippen LogP contribution in [0.4, 0.5) is 5.82 Å². The monoisotopic (exact) mass is 414 g/mol. The first-order valence-electron chi connectivity index (χ1n) is 8.60. The molecule has 8 heteroatoms. The largest absolute Gasteiger partial charge is 0.493 e. The van der Waals surface area contributed by atoms with Crippen LogP contribution in [-0.2, 0) is 6.42 Å². The Labute approximate surface area is 173 Å². The van der Waals surface area contributed by atoms with E-state index in [0.29, 0.717) is 12.0 Å². The standard InChI is InChI=1S/C19H26N4O2.2ClH/c1-23(7-6-13-4-5-17(24-2)18(8-13)25-3)19-11-16(21-12-22-19)14-9-15(20)10-14;;/h4-5,8,11-12,14-15H,6-7,9-10,20H2,1-3H3;2*1H. The number of ether oxygens (including phenoxy) is 2. The minimum Gasteiger partial charge on any atom is -0.493 e. The molecule has 1 fully saturated rings. The molecule has 0 radical (unpaired) electrons. The lowest BCUT2D eigenvalue weighted by Crippen LogP contribution is -2.35. The Morgan fingerprint density at radius 1 is 1.07 bits per heavy atom. The summed E-state index contributed by atoms with van der Waals surface area (Å²) in [4.78, 5) is 11.0. The Bertz CT molecular complexity index is 727. The van der Waals surface area contributed by atoms with Crippen molar-refractivity contribution in [1.29, 1.82) is 0 Å². The lowest BCUT2D eigenvalue weighted by molar-refractivity contribution is 0.345.